The number of carbonyl (C=O) groups excluding carboxylic acids is 1. The van der Waals surface area contributed by atoms with Crippen LogP contribution >= 0.6 is 0 Å². The fourth-order valence-electron chi connectivity index (χ4n) is 2.74. The number of hydrogen-bond acceptors (Lipinski definition) is 5. The minimum atomic E-state index is -0.336. The molecule has 2 rings (SSSR count). The molecular formula is C22H23NO4. The quantitative estimate of drug-likeness (QED) is 0.393. The first-order valence-electron chi connectivity index (χ1n) is 8.63. The monoisotopic (exact) mass is 365 g/mol. The third kappa shape index (κ3) is 4.68. The van der Waals surface area contributed by atoms with Crippen LogP contribution in [0.2, 0.25) is 0 Å². The van der Waals surface area contributed by atoms with Crippen molar-refractivity contribution in [3.8, 4) is 23.3 Å². The molecule has 0 aliphatic carbocycles. The first-order valence-corrected chi connectivity index (χ1v) is 8.63. The maximum Gasteiger partial charge on any atom is 0.203 e. The van der Waals surface area contributed by atoms with Crippen molar-refractivity contribution >= 4 is 11.9 Å². The van der Waals surface area contributed by atoms with E-state index in [0.717, 1.165) is 18.4 Å². The predicted octanol–water partition coefficient (Wildman–Crippen LogP) is 4.45. The molecule has 0 radical (unpaired) electrons. The molecule has 0 aliphatic heterocycles. The topological polar surface area (TPSA) is 68.6 Å². The van der Waals surface area contributed by atoms with Gasteiger partial charge in [-0.2, -0.15) is 5.26 Å². The Morgan fingerprint density at radius 3 is 2.11 bits per heavy atom. The van der Waals surface area contributed by atoms with Crippen molar-refractivity contribution in [1.82, 2.24) is 0 Å². The van der Waals surface area contributed by atoms with Crippen LogP contribution in [0.3, 0.4) is 0 Å². The maximum absolute atomic E-state index is 12.7. The standard InChI is InChI=1S/C22H23NO4/c1-5-6-15-7-9-16(10-8-15)22(24)18(14-23)11-17-12-20(26-3)21(27-4)13-19(17)25-2/h7-13H,5-6H2,1-4H3/b18-11+. The van der Waals surface area contributed by atoms with Crippen molar-refractivity contribution in [3.05, 3.63) is 58.7 Å². The highest BCUT2D eigenvalue weighted by atomic mass is 16.5. The highest BCUT2D eigenvalue weighted by Gasteiger charge is 2.16. The number of ether oxygens (including phenoxy) is 3. The number of carbonyl (C=O) groups is 1. The predicted molar refractivity (Wildman–Crippen MR) is 104 cm³/mol. The van der Waals surface area contributed by atoms with E-state index in [4.69, 9.17) is 14.2 Å². The Kier molecular flexibility index (Phi) is 7.01. The molecule has 0 heterocycles. The Balaban J connectivity index is 2.43. The van der Waals surface area contributed by atoms with Crippen LogP contribution in [0.15, 0.2) is 42.0 Å². The van der Waals surface area contributed by atoms with Crippen LogP contribution in [0.1, 0.15) is 34.8 Å². The smallest absolute Gasteiger partial charge is 0.203 e. The summed E-state index contributed by atoms with van der Waals surface area (Å²) in [7, 11) is 4.56. The zero-order valence-electron chi connectivity index (χ0n) is 16.0. The SMILES string of the molecule is CCCc1ccc(C(=O)/C(C#N)=C/c2cc(OC)c(OC)cc2OC)cc1. The van der Waals surface area contributed by atoms with Gasteiger partial charge in [0.2, 0.25) is 5.78 Å². The molecule has 5 nitrogen and oxygen atoms in total. The minimum absolute atomic E-state index is 0.0174. The highest BCUT2D eigenvalue weighted by molar-refractivity contribution is 6.14. The zero-order valence-corrected chi connectivity index (χ0v) is 16.0. The highest BCUT2D eigenvalue weighted by Crippen LogP contribution is 2.35. The average Bonchev–Trinajstić information content (AvgIpc) is 2.71. The summed E-state index contributed by atoms with van der Waals surface area (Å²) in [6.45, 7) is 2.10. The Bertz CT molecular complexity index is 876. The number of aryl methyl sites for hydroxylation is 1. The number of nitriles is 1. The van der Waals surface area contributed by atoms with Gasteiger partial charge in [-0.25, -0.2) is 0 Å². The van der Waals surface area contributed by atoms with Crippen LogP contribution in [0.4, 0.5) is 0 Å². The van der Waals surface area contributed by atoms with E-state index in [1.54, 1.807) is 24.3 Å². The molecular weight excluding hydrogens is 342 g/mol. The number of rotatable bonds is 8. The van der Waals surface area contributed by atoms with Gasteiger partial charge in [0, 0.05) is 17.2 Å². The Morgan fingerprint density at radius 2 is 1.59 bits per heavy atom. The fourth-order valence-corrected chi connectivity index (χ4v) is 2.74. The second-order valence-corrected chi connectivity index (χ2v) is 5.90. The molecule has 140 valence electrons. The number of ketones is 1. The van der Waals surface area contributed by atoms with E-state index in [0.29, 0.717) is 28.4 Å². The Labute approximate surface area is 159 Å². The summed E-state index contributed by atoms with van der Waals surface area (Å²) in [5.41, 5.74) is 2.21. The molecule has 0 unspecified atom stereocenters. The van der Waals surface area contributed by atoms with Gasteiger partial charge in [-0.05, 0) is 24.1 Å². The van der Waals surface area contributed by atoms with Crippen molar-refractivity contribution in [2.75, 3.05) is 21.3 Å². The van der Waals surface area contributed by atoms with Crippen molar-refractivity contribution in [3.63, 3.8) is 0 Å². The van der Waals surface area contributed by atoms with E-state index in [2.05, 4.69) is 6.92 Å². The lowest BCUT2D eigenvalue weighted by Crippen LogP contribution is -2.03. The summed E-state index contributed by atoms with van der Waals surface area (Å²) in [5, 5.41) is 9.51. The summed E-state index contributed by atoms with van der Waals surface area (Å²) in [5.74, 6) is 1.13. The van der Waals surface area contributed by atoms with Gasteiger partial charge in [-0.15, -0.1) is 0 Å². The number of Topliss-reactive ketones (excluding diaryl/α,β-unsaturated/α-hetero) is 1. The zero-order chi connectivity index (χ0) is 19.8. The molecule has 5 heteroatoms. The second-order valence-electron chi connectivity index (χ2n) is 5.90. The van der Waals surface area contributed by atoms with Gasteiger partial charge >= 0.3 is 0 Å². The summed E-state index contributed by atoms with van der Waals surface area (Å²) in [6.07, 6.45) is 3.50. The lowest BCUT2D eigenvalue weighted by molar-refractivity contribution is 0.104. The minimum Gasteiger partial charge on any atom is -0.496 e. The fraction of sp³-hybridized carbons (Fsp3) is 0.273. The van der Waals surface area contributed by atoms with Gasteiger partial charge in [0.05, 0.1) is 21.3 Å². The molecule has 0 aliphatic rings. The summed E-state index contributed by atoms with van der Waals surface area (Å²) in [6, 6.07) is 12.7. The molecule has 0 amide bonds. The van der Waals surface area contributed by atoms with Crippen LogP contribution < -0.4 is 14.2 Å². The van der Waals surface area contributed by atoms with Crippen LogP contribution in [0.25, 0.3) is 6.08 Å². The number of methoxy groups -OCH3 is 3. The first kappa shape index (κ1) is 20.1. The van der Waals surface area contributed by atoms with Gasteiger partial charge < -0.3 is 14.2 Å². The molecule has 0 saturated carbocycles. The molecule has 0 spiro atoms. The molecule has 0 bridgehead atoms. The number of benzene rings is 2. The van der Waals surface area contributed by atoms with Gasteiger partial charge in [0.1, 0.15) is 17.4 Å². The average molecular weight is 365 g/mol. The van der Waals surface area contributed by atoms with E-state index in [1.807, 2.05) is 18.2 Å². The summed E-state index contributed by atoms with van der Waals surface area (Å²) >= 11 is 0. The number of hydrogen-bond donors (Lipinski definition) is 0. The molecule has 0 saturated heterocycles. The molecule has 27 heavy (non-hydrogen) atoms. The Morgan fingerprint density at radius 1 is 1.00 bits per heavy atom. The van der Waals surface area contributed by atoms with Gasteiger partial charge in [0.15, 0.2) is 11.5 Å². The molecule has 2 aromatic carbocycles. The lowest BCUT2D eigenvalue weighted by Gasteiger charge is -2.12. The summed E-state index contributed by atoms with van der Waals surface area (Å²) < 4.78 is 15.9. The van der Waals surface area contributed by atoms with Crippen LogP contribution in [0, 0.1) is 11.3 Å². The molecule has 0 aromatic heterocycles. The Hall–Kier alpha value is -3.26. The molecule has 0 fully saturated rings. The van der Waals surface area contributed by atoms with E-state index in [9.17, 15) is 10.1 Å². The summed E-state index contributed by atoms with van der Waals surface area (Å²) in [4.78, 5) is 12.7. The largest absolute Gasteiger partial charge is 0.496 e. The van der Waals surface area contributed by atoms with E-state index < -0.39 is 0 Å². The van der Waals surface area contributed by atoms with Gasteiger partial charge in [0.25, 0.3) is 0 Å². The van der Waals surface area contributed by atoms with Crippen LogP contribution in [0.5, 0.6) is 17.2 Å². The normalized spacial score (nSPS) is 10.9. The van der Waals surface area contributed by atoms with Crippen molar-refractivity contribution < 1.29 is 19.0 Å². The third-order valence-corrected chi connectivity index (χ3v) is 4.16. The molecule has 0 atom stereocenters. The van der Waals surface area contributed by atoms with Gasteiger partial charge in [-0.3, -0.25) is 4.79 Å². The third-order valence-electron chi connectivity index (χ3n) is 4.16. The van der Waals surface area contributed by atoms with Crippen molar-refractivity contribution in [1.29, 1.82) is 5.26 Å². The van der Waals surface area contributed by atoms with Crippen molar-refractivity contribution in [2.24, 2.45) is 0 Å². The van der Waals surface area contributed by atoms with Crippen molar-refractivity contribution in [2.45, 2.75) is 19.8 Å². The lowest BCUT2D eigenvalue weighted by atomic mass is 9.99. The van der Waals surface area contributed by atoms with E-state index in [1.165, 1.54) is 27.4 Å². The number of allylic oxidation sites excluding steroid dienone is 1. The molecule has 0 N–H and O–H groups in total. The van der Waals surface area contributed by atoms with Gasteiger partial charge in [-0.1, -0.05) is 37.6 Å². The van der Waals surface area contributed by atoms with Crippen LogP contribution in [-0.2, 0) is 6.42 Å². The first-order chi connectivity index (χ1) is 13.1. The number of nitrogens with zero attached hydrogens (tertiary/aromatic N) is 1. The second kappa shape index (κ2) is 9.44. The molecule has 2 aromatic rings. The van der Waals surface area contributed by atoms with Crippen LogP contribution in [-0.4, -0.2) is 27.1 Å². The van der Waals surface area contributed by atoms with E-state index >= 15 is 0 Å². The maximum atomic E-state index is 12.7. The van der Waals surface area contributed by atoms with E-state index in [-0.39, 0.29) is 11.4 Å².